The summed E-state index contributed by atoms with van der Waals surface area (Å²) < 4.78 is 41.5. The zero-order valence-electron chi connectivity index (χ0n) is 16.1. The molecule has 1 saturated carbocycles. The first-order valence-corrected chi connectivity index (χ1v) is 9.47. The summed E-state index contributed by atoms with van der Waals surface area (Å²) in [5.74, 6) is -1.49. The average molecular weight is 413 g/mol. The van der Waals surface area contributed by atoms with Crippen LogP contribution in [-0.2, 0) is 6.42 Å². The van der Waals surface area contributed by atoms with Crippen molar-refractivity contribution < 1.29 is 18.0 Å². The van der Waals surface area contributed by atoms with Crippen LogP contribution >= 0.6 is 0 Å². The maximum absolute atomic E-state index is 13.3. The van der Waals surface area contributed by atoms with Crippen LogP contribution in [0.15, 0.2) is 36.7 Å². The number of nitrogens with one attached hydrogen (secondary N) is 1. The normalized spacial score (nSPS) is 15.0. The van der Waals surface area contributed by atoms with E-state index in [1.807, 2.05) is 24.3 Å². The first-order valence-electron chi connectivity index (χ1n) is 9.47. The highest BCUT2D eigenvalue weighted by Gasteiger charge is 2.50. The zero-order chi connectivity index (χ0) is 21.5. The van der Waals surface area contributed by atoms with E-state index in [1.165, 1.54) is 6.33 Å². The van der Waals surface area contributed by atoms with Crippen molar-refractivity contribution in [3.05, 3.63) is 53.6 Å². The van der Waals surface area contributed by atoms with Crippen molar-refractivity contribution in [1.29, 1.82) is 5.26 Å². The van der Waals surface area contributed by atoms with Gasteiger partial charge in [-0.3, -0.25) is 9.20 Å². The molecule has 1 aliphatic carbocycles. The molecule has 0 bridgehead atoms. The summed E-state index contributed by atoms with van der Waals surface area (Å²) in [5, 5.41) is 11.2. The predicted molar refractivity (Wildman–Crippen MR) is 103 cm³/mol. The van der Waals surface area contributed by atoms with Gasteiger partial charge < -0.3 is 5.32 Å². The Hall–Kier alpha value is -3.41. The van der Waals surface area contributed by atoms with Gasteiger partial charge in [-0.25, -0.2) is 9.97 Å². The highest BCUT2D eigenvalue weighted by atomic mass is 19.4. The minimum Gasteiger partial charge on any atom is -0.339 e. The number of hydrogen-bond acceptors (Lipinski definition) is 4. The molecule has 0 aliphatic heterocycles. The molecule has 30 heavy (non-hydrogen) atoms. The lowest BCUT2D eigenvalue weighted by molar-refractivity contribution is -0.158. The van der Waals surface area contributed by atoms with Crippen LogP contribution in [0.4, 0.5) is 13.2 Å². The minimum atomic E-state index is -4.52. The first-order chi connectivity index (χ1) is 14.3. The molecule has 1 N–H and O–H groups in total. The molecule has 0 radical (unpaired) electrons. The number of carbonyl (C=O) groups excluding carboxylic acids is 1. The van der Waals surface area contributed by atoms with Gasteiger partial charge in [-0.2, -0.15) is 18.4 Å². The number of benzene rings is 1. The standard InChI is InChI=1S/C21H18F3N5O/c1-12-10-16(15-5-3-2-4-13(15)8-9-25)27-19-17(26-11-29(12)19)20(30)28-18(14-6-7-14)21(22,23)24/h2-5,10-11,14,18H,6-8H2,1H3,(H,28,30). The van der Waals surface area contributed by atoms with Crippen molar-refractivity contribution >= 4 is 11.6 Å². The van der Waals surface area contributed by atoms with Gasteiger partial charge in [0.25, 0.3) is 5.91 Å². The fourth-order valence-electron chi connectivity index (χ4n) is 3.53. The molecule has 1 aliphatic rings. The van der Waals surface area contributed by atoms with Gasteiger partial charge >= 0.3 is 6.18 Å². The number of imidazole rings is 1. The Bertz CT molecular complexity index is 1160. The molecular formula is C21H18F3N5O. The van der Waals surface area contributed by atoms with Crippen LogP contribution in [0.25, 0.3) is 16.9 Å². The largest absolute Gasteiger partial charge is 0.408 e. The Balaban J connectivity index is 1.74. The van der Waals surface area contributed by atoms with Gasteiger partial charge in [-0.05, 0) is 37.3 Å². The topological polar surface area (TPSA) is 83.1 Å². The number of amides is 1. The number of hydrogen-bond donors (Lipinski definition) is 1. The predicted octanol–water partition coefficient (Wildman–Crippen LogP) is 3.84. The van der Waals surface area contributed by atoms with Crippen LogP contribution in [-0.4, -0.2) is 32.5 Å². The van der Waals surface area contributed by atoms with Crippen LogP contribution in [0, 0.1) is 24.2 Å². The Kier molecular flexibility index (Phi) is 4.94. The Morgan fingerprint density at radius 3 is 2.77 bits per heavy atom. The summed E-state index contributed by atoms with van der Waals surface area (Å²) in [5.41, 5.74) is 2.74. The maximum atomic E-state index is 13.3. The second-order valence-electron chi connectivity index (χ2n) is 7.39. The Labute approximate surface area is 170 Å². The third-order valence-corrected chi connectivity index (χ3v) is 5.20. The quantitative estimate of drug-likeness (QED) is 0.689. The number of halogens is 3. The SMILES string of the molecule is Cc1cc(-c2ccccc2CC#N)nc2c(C(=O)NC(C3CC3)C(F)(F)F)ncn12. The number of nitriles is 1. The van der Waals surface area contributed by atoms with Crippen molar-refractivity contribution in [1.82, 2.24) is 19.7 Å². The average Bonchev–Trinajstić information content (AvgIpc) is 3.43. The van der Waals surface area contributed by atoms with E-state index in [9.17, 15) is 18.0 Å². The molecule has 0 spiro atoms. The molecule has 4 rings (SSSR count). The summed E-state index contributed by atoms with van der Waals surface area (Å²) in [6, 6.07) is 9.26. The van der Waals surface area contributed by atoms with Gasteiger partial charge in [0.1, 0.15) is 12.4 Å². The van der Waals surface area contributed by atoms with Crippen LogP contribution in [0.2, 0.25) is 0 Å². The molecular weight excluding hydrogens is 395 g/mol. The number of aromatic nitrogens is 3. The molecule has 1 amide bonds. The van der Waals surface area contributed by atoms with Gasteiger partial charge in [0.15, 0.2) is 11.3 Å². The summed E-state index contributed by atoms with van der Waals surface area (Å²) in [6.07, 6.45) is -2.09. The van der Waals surface area contributed by atoms with Gasteiger partial charge in [0.2, 0.25) is 0 Å². The van der Waals surface area contributed by atoms with E-state index in [4.69, 9.17) is 5.26 Å². The number of fused-ring (bicyclic) bond motifs is 1. The molecule has 2 aromatic heterocycles. The highest BCUT2D eigenvalue weighted by Crippen LogP contribution is 2.40. The third-order valence-electron chi connectivity index (χ3n) is 5.20. The molecule has 0 saturated heterocycles. The lowest BCUT2D eigenvalue weighted by Gasteiger charge is -2.20. The zero-order valence-corrected chi connectivity index (χ0v) is 16.1. The van der Waals surface area contributed by atoms with Crippen molar-refractivity contribution in [2.75, 3.05) is 0 Å². The number of rotatable bonds is 5. The molecule has 3 aromatic rings. The molecule has 6 nitrogen and oxygen atoms in total. The van der Waals surface area contributed by atoms with E-state index in [2.05, 4.69) is 21.4 Å². The van der Waals surface area contributed by atoms with Crippen LogP contribution in [0.1, 0.15) is 34.6 Å². The van der Waals surface area contributed by atoms with Crippen LogP contribution < -0.4 is 5.32 Å². The number of carbonyl (C=O) groups is 1. The smallest absolute Gasteiger partial charge is 0.339 e. The van der Waals surface area contributed by atoms with Crippen molar-refractivity contribution in [3.63, 3.8) is 0 Å². The summed E-state index contributed by atoms with van der Waals surface area (Å²) in [6.45, 7) is 1.79. The van der Waals surface area contributed by atoms with E-state index in [-0.39, 0.29) is 17.8 Å². The van der Waals surface area contributed by atoms with E-state index in [0.717, 1.165) is 11.1 Å². The molecule has 1 unspecified atom stereocenters. The van der Waals surface area contributed by atoms with Gasteiger partial charge in [-0.1, -0.05) is 24.3 Å². The van der Waals surface area contributed by atoms with E-state index in [0.29, 0.717) is 24.2 Å². The van der Waals surface area contributed by atoms with Crippen LogP contribution in [0.3, 0.4) is 0 Å². The van der Waals surface area contributed by atoms with Crippen molar-refractivity contribution in [3.8, 4) is 17.3 Å². The van der Waals surface area contributed by atoms with Gasteiger partial charge in [0, 0.05) is 11.3 Å². The third kappa shape index (κ3) is 3.73. The molecule has 2 heterocycles. The van der Waals surface area contributed by atoms with Crippen molar-refractivity contribution in [2.45, 2.75) is 38.4 Å². The maximum Gasteiger partial charge on any atom is 0.408 e. The van der Waals surface area contributed by atoms with Crippen LogP contribution in [0.5, 0.6) is 0 Å². The summed E-state index contributed by atoms with van der Waals surface area (Å²) in [4.78, 5) is 21.2. The minimum absolute atomic E-state index is 0.160. The van der Waals surface area contributed by atoms with Gasteiger partial charge in [-0.15, -0.1) is 0 Å². The second-order valence-corrected chi connectivity index (χ2v) is 7.39. The second kappa shape index (κ2) is 7.44. The van der Waals surface area contributed by atoms with E-state index >= 15 is 0 Å². The monoisotopic (exact) mass is 413 g/mol. The summed E-state index contributed by atoms with van der Waals surface area (Å²) >= 11 is 0. The van der Waals surface area contributed by atoms with Gasteiger partial charge in [0.05, 0.1) is 18.2 Å². The molecule has 1 atom stereocenters. The lowest BCUT2D eigenvalue weighted by atomic mass is 10.0. The Morgan fingerprint density at radius 1 is 1.37 bits per heavy atom. The number of nitrogens with zero attached hydrogens (tertiary/aromatic N) is 4. The molecule has 1 fully saturated rings. The van der Waals surface area contributed by atoms with Crippen molar-refractivity contribution in [2.24, 2.45) is 5.92 Å². The first kappa shape index (κ1) is 19.9. The fourth-order valence-corrected chi connectivity index (χ4v) is 3.53. The highest BCUT2D eigenvalue weighted by molar-refractivity contribution is 5.98. The number of aryl methyl sites for hydroxylation is 1. The lowest BCUT2D eigenvalue weighted by Crippen LogP contribution is -2.47. The molecule has 9 heteroatoms. The molecule has 154 valence electrons. The number of alkyl halides is 3. The van der Waals surface area contributed by atoms with E-state index in [1.54, 1.807) is 17.4 Å². The summed E-state index contributed by atoms with van der Waals surface area (Å²) in [7, 11) is 0. The fraction of sp³-hybridized carbons (Fsp3) is 0.333. The van der Waals surface area contributed by atoms with E-state index < -0.39 is 24.0 Å². The molecule has 1 aromatic carbocycles. The Morgan fingerprint density at radius 2 is 2.10 bits per heavy atom.